The van der Waals surface area contributed by atoms with Crippen molar-refractivity contribution < 1.29 is 19.5 Å². The zero-order valence-corrected chi connectivity index (χ0v) is 21.4. The molecule has 2 aliphatic rings. The molecule has 0 bridgehead atoms. The van der Waals surface area contributed by atoms with Crippen LogP contribution in [0.25, 0.3) is 0 Å². The second-order valence-electron chi connectivity index (χ2n) is 10.0. The average molecular weight is 513 g/mol. The van der Waals surface area contributed by atoms with Crippen LogP contribution in [-0.4, -0.2) is 70.1 Å². The van der Waals surface area contributed by atoms with Crippen molar-refractivity contribution in [1.82, 2.24) is 14.7 Å². The normalized spacial score (nSPS) is 19.4. The Kier molecular flexibility index (Phi) is 7.31. The Morgan fingerprint density at radius 2 is 1.39 bits per heavy atom. The van der Waals surface area contributed by atoms with Crippen LogP contribution in [0.5, 0.6) is 0 Å². The molecule has 3 aromatic rings. The topological polar surface area (TPSA) is 84.4 Å². The fraction of sp³-hybridized carbons (Fsp3) is 0.300. The van der Waals surface area contributed by atoms with Gasteiger partial charge >= 0.3 is 18.0 Å². The SMILES string of the molecule is CN(Cc1ccccc1)C(=O)N1[C@H](CN(CC(=O)O)C(=O)N(c2ccccc2)c2ccccc2)CC2C[C@@H]21. The molecule has 8 nitrogen and oxygen atoms in total. The van der Waals surface area contributed by atoms with Gasteiger partial charge in [-0.1, -0.05) is 66.7 Å². The maximum absolute atomic E-state index is 14.0. The lowest BCUT2D eigenvalue weighted by atomic mass is 10.1. The third-order valence-electron chi connectivity index (χ3n) is 7.27. The highest BCUT2D eigenvalue weighted by Crippen LogP contribution is 2.48. The first-order valence-corrected chi connectivity index (χ1v) is 12.9. The number of aliphatic carboxylic acids is 1. The number of rotatable bonds is 8. The van der Waals surface area contributed by atoms with E-state index < -0.39 is 18.5 Å². The first-order valence-electron chi connectivity index (χ1n) is 12.9. The van der Waals surface area contributed by atoms with Crippen molar-refractivity contribution in [3.8, 4) is 0 Å². The molecule has 1 N–H and O–H groups in total. The Morgan fingerprint density at radius 3 is 1.95 bits per heavy atom. The lowest BCUT2D eigenvalue weighted by molar-refractivity contribution is -0.137. The number of carboxylic acid groups (broad SMARTS) is 1. The minimum atomic E-state index is -1.10. The van der Waals surface area contributed by atoms with Crippen LogP contribution in [0.1, 0.15) is 18.4 Å². The van der Waals surface area contributed by atoms with Crippen LogP contribution < -0.4 is 4.90 Å². The number of likely N-dealkylation sites (tertiary alicyclic amines) is 1. The van der Waals surface area contributed by atoms with Gasteiger partial charge in [0.05, 0.1) is 17.4 Å². The van der Waals surface area contributed by atoms with E-state index in [1.54, 1.807) is 11.9 Å². The molecule has 1 saturated heterocycles. The van der Waals surface area contributed by atoms with E-state index in [-0.39, 0.29) is 24.7 Å². The summed E-state index contributed by atoms with van der Waals surface area (Å²) in [7, 11) is 1.79. The number of para-hydroxylation sites is 2. The van der Waals surface area contributed by atoms with Gasteiger partial charge in [-0.2, -0.15) is 0 Å². The van der Waals surface area contributed by atoms with Crippen LogP contribution >= 0.6 is 0 Å². The summed E-state index contributed by atoms with van der Waals surface area (Å²) < 4.78 is 0. The number of carbonyl (C=O) groups is 3. The van der Waals surface area contributed by atoms with Crippen molar-refractivity contribution in [3.05, 3.63) is 96.6 Å². The molecule has 1 aliphatic heterocycles. The zero-order valence-electron chi connectivity index (χ0n) is 21.4. The molecule has 2 fully saturated rings. The molecule has 3 aromatic carbocycles. The Morgan fingerprint density at radius 1 is 0.842 bits per heavy atom. The van der Waals surface area contributed by atoms with Crippen LogP contribution in [0.4, 0.5) is 21.0 Å². The van der Waals surface area contributed by atoms with Crippen molar-refractivity contribution in [3.63, 3.8) is 0 Å². The fourth-order valence-corrected chi connectivity index (χ4v) is 5.44. The van der Waals surface area contributed by atoms with Crippen LogP contribution in [0.3, 0.4) is 0 Å². The van der Waals surface area contributed by atoms with Gasteiger partial charge in [0.2, 0.25) is 0 Å². The summed E-state index contributed by atoms with van der Waals surface area (Å²) in [5.74, 6) is -0.697. The third-order valence-corrected chi connectivity index (χ3v) is 7.27. The van der Waals surface area contributed by atoms with Gasteiger partial charge < -0.3 is 19.8 Å². The standard InChI is InChI=1S/C30H32N4O4/c1-31(19-22-11-5-2-6-12-22)29(37)34-26(17-23-18-27(23)34)20-32(21-28(35)36)30(38)33(24-13-7-3-8-14-24)25-15-9-4-10-16-25/h2-16,23,26-27H,17-21H2,1H3,(H,35,36)/t23?,26-,27-/m0/s1. The molecule has 3 atom stereocenters. The van der Waals surface area contributed by atoms with Crippen LogP contribution in [0.15, 0.2) is 91.0 Å². The molecule has 0 radical (unpaired) electrons. The number of urea groups is 2. The van der Waals surface area contributed by atoms with E-state index in [2.05, 4.69) is 0 Å². The lowest BCUT2D eigenvalue weighted by Crippen LogP contribution is -2.53. The van der Waals surface area contributed by atoms with E-state index in [1.165, 1.54) is 9.80 Å². The molecular weight excluding hydrogens is 480 g/mol. The number of hydrogen-bond acceptors (Lipinski definition) is 3. The van der Waals surface area contributed by atoms with Crippen molar-refractivity contribution >= 4 is 29.4 Å². The summed E-state index contributed by atoms with van der Waals surface area (Å²) in [6, 6.07) is 27.6. The minimum Gasteiger partial charge on any atom is -0.480 e. The predicted octanol–water partition coefficient (Wildman–Crippen LogP) is 5.05. The van der Waals surface area contributed by atoms with E-state index in [1.807, 2.05) is 95.9 Å². The smallest absolute Gasteiger partial charge is 0.329 e. The molecule has 5 rings (SSSR count). The van der Waals surface area contributed by atoms with Crippen molar-refractivity contribution in [1.29, 1.82) is 0 Å². The number of anilines is 2. The zero-order chi connectivity index (χ0) is 26.6. The molecule has 0 spiro atoms. The average Bonchev–Trinajstić information content (AvgIpc) is 3.59. The van der Waals surface area contributed by atoms with Crippen LogP contribution in [-0.2, 0) is 11.3 Å². The van der Waals surface area contributed by atoms with Crippen LogP contribution in [0, 0.1) is 5.92 Å². The van der Waals surface area contributed by atoms with Gasteiger partial charge in [-0.3, -0.25) is 9.69 Å². The maximum atomic E-state index is 14.0. The van der Waals surface area contributed by atoms with E-state index in [4.69, 9.17) is 0 Å². The van der Waals surface area contributed by atoms with Crippen LogP contribution in [0.2, 0.25) is 0 Å². The van der Waals surface area contributed by atoms with Gasteiger partial charge in [0, 0.05) is 26.2 Å². The van der Waals surface area contributed by atoms with Crippen molar-refractivity contribution in [2.24, 2.45) is 5.92 Å². The number of piperidine rings is 1. The summed E-state index contributed by atoms with van der Waals surface area (Å²) in [5, 5.41) is 9.72. The largest absolute Gasteiger partial charge is 0.480 e. The van der Waals surface area contributed by atoms with Gasteiger partial charge in [0.25, 0.3) is 0 Å². The predicted molar refractivity (Wildman–Crippen MR) is 145 cm³/mol. The number of fused-ring (bicyclic) bond motifs is 1. The number of carbonyl (C=O) groups excluding carboxylic acids is 2. The Balaban J connectivity index is 1.38. The van der Waals surface area contributed by atoms with E-state index in [9.17, 15) is 19.5 Å². The number of amides is 4. The molecule has 1 saturated carbocycles. The summed E-state index contributed by atoms with van der Waals surface area (Å²) in [5.41, 5.74) is 2.32. The molecular formula is C30H32N4O4. The van der Waals surface area contributed by atoms with Gasteiger partial charge in [0.1, 0.15) is 6.54 Å². The van der Waals surface area contributed by atoms with Gasteiger partial charge in [0.15, 0.2) is 0 Å². The first-order chi connectivity index (χ1) is 18.4. The molecule has 196 valence electrons. The third kappa shape index (κ3) is 5.49. The summed E-state index contributed by atoms with van der Waals surface area (Å²) in [4.78, 5) is 45.9. The fourth-order valence-electron chi connectivity index (χ4n) is 5.44. The highest BCUT2D eigenvalue weighted by molar-refractivity contribution is 6.00. The van der Waals surface area contributed by atoms with E-state index in [0.717, 1.165) is 18.4 Å². The molecule has 4 amide bonds. The maximum Gasteiger partial charge on any atom is 0.329 e. The second-order valence-corrected chi connectivity index (χ2v) is 10.0. The van der Waals surface area contributed by atoms with E-state index in [0.29, 0.717) is 23.8 Å². The van der Waals surface area contributed by atoms with Gasteiger partial charge in [-0.25, -0.2) is 9.59 Å². The van der Waals surface area contributed by atoms with Gasteiger partial charge in [-0.05, 0) is 48.6 Å². The van der Waals surface area contributed by atoms with Crippen molar-refractivity contribution in [2.45, 2.75) is 31.5 Å². The van der Waals surface area contributed by atoms with Crippen molar-refractivity contribution in [2.75, 3.05) is 25.0 Å². The highest BCUT2D eigenvalue weighted by Gasteiger charge is 2.55. The number of benzene rings is 3. The number of hydrogen-bond donors (Lipinski definition) is 1. The Hall–Kier alpha value is -4.33. The highest BCUT2D eigenvalue weighted by atomic mass is 16.4. The molecule has 38 heavy (non-hydrogen) atoms. The number of carboxylic acids is 1. The molecule has 1 unspecified atom stereocenters. The summed E-state index contributed by atoms with van der Waals surface area (Å²) >= 11 is 0. The minimum absolute atomic E-state index is 0.0884. The molecule has 8 heteroatoms. The summed E-state index contributed by atoms with van der Waals surface area (Å²) in [6.07, 6.45) is 1.71. The quantitative estimate of drug-likeness (QED) is 0.458. The van der Waals surface area contributed by atoms with E-state index >= 15 is 0 Å². The second kappa shape index (κ2) is 11.0. The molecule has 1 heterocycles. The lowest BCUT2D eigenvalue weighted by Gasteiger charge is -2.36. The first kappa shape index (κ1) is 25.3. The molecule has 1 aliphatic carbocycles. The monoisotopic (exact) mass is 512 g/mol. The Labute approximate surface area is 222 Å². The van der Waals surface area contributed by atoms with Gasteiger partial charge in [-0.15, -0.1) is 0 Å². The number of nitrogens with zero attached hydrogens (tertiary/aromatic N) is 4. The molecule has 0 aromatic heterocycles. The Bertz CT molecular complexity index is 1230. The summed E-state index contributed by atoms with van der Waals surface area (Å²) in [6.45, 7) is 0.176.